The second-order valence-electron chi connectivity index (χ2n) is 4.55. The minimum Gasteiger partial charge on any atom is -0.462 e. The van der Waals surface area contributed by atoms with Gasteiger partial charge < -0.3 is 15.4 Å². The zero-order valence-electron chi connectivity index (χ0n) is 13.3. The highest BCUT2D eigenvalue weighted by atomic mass is 32.1. The molecular formula is C14H24N4O2S. The molecule has 0 saturated carbocycles. The fourth-order valence-electron chi connectivity index (χ4n) is 1.69. The number of rotatable bonds is 6. The van der Waals surface area contributed by atoms with Gasteiger partial charge in [-0.3, -0.25) is 4.99 Å². The number of ether oxygens (including phenoxy) is 1. The first kappa shape index (κ1) is 17.4. The SMILES string of the molecule is CCCNC(=NC)NC(C)c1nc(C)c(C(=O)OCC)s1. The highest BCUT2D eigenvalue weighted by molar-refractivity contribution is 7.13. The number of thiazole rings is 1. The van der Waals surface area contributed by atoms with E-state index in [1.807, 2.05) is 13.8 Å². The summed E-state index contributed by atoms with van der Waals surface area (Å²) >= 11 is 1.36. The highest BCUT2D eigenvalue weighted by Gasteiger charge is 2.19. The first-order chi connectivity index (χ1) is 10.0. The maximum Gasteiger partial charge on any atom is 0.350 e. The number of aromatic nitrogens is 1. The average molecular weight is 312 g/mol. The Hall–Kier alpha value is -1.63. The monoisotopic (exact) mass is 312 g/mol. The summed E-state index contributed by atoms with van der Waals surface area (Å²) in [6.45, 7) is 8.93. The van der Waals surface area contributed by atoms with E-state index in [2.05, 4.69) is 27.5 Å². The van der Waals surface area contributed by atoms with E-state index in [9.17, 15) is 4.79 Å². The number of nitrogens with one attached hydrogen (secondary N) is 2. The molecule has 0 spiro atoms. The van der Waals surface area contributed by atoms with Crippen LogP contribution in [0.3, 0.4) is 0 Å². The molecule has 1 rings (SSSR count). The third-order valence-electron chi connectivity index (χ3n) is 2.76. The van der Waals surface area contributed by atoms with Crippen LogP contribution >= 0.6 is 11.3 Å². The van der Waals surface area contributed by atoms with Crippen molar-refractivity contribution in [3.8, 4) is 0 Å². The zero-order chi connectivity index (χ0) is 15.8. The van der Waals surface area contributed by atoms with Crippen LogP contribution in [-0.4, -0.2) is 37.1 Å². The molecule has 1 aromatic heterocycles. The molecule has 0 amide bonds. The number of carbonyl (C=O) groups excluding carboxylic acids is 1. The summed E-state index contributed by atoms with van der Waals surface area (Å²) < 4.78 is 5.03. The van der Waals surface area contributed by atoms with Gasteiger partial charge in [0.05, 0.1) is 18.3 Å². The minimum absolute atomic E-state index is 0.0278. The molecule has 0 aliphatic rings. The Morgan fingerprint density at radius 2 is 2.19 bits per heavy atom. The van der Waals surface area contributed by atoms with Gasteiger partial charge in [0, 0.05) is 13.6 Å². The highest BCUT2D eigenvalue weighted by Crippen LogP contribution is 2.24. The Kier molecular flexibility index (Phi) is 7.14. The van der Waals surface area contributed by atoms with Crippen LogP contribution in [0.1, 0.15) is 53.6 Å². The van der Waals surface area contributed by atoms with E-state index in [1.165, 1.54) is 11.3 Å². The number of esters is 1. The molecule has 0 aromatic carbocycles. The lowest BCUT2D eigenvalue weighted by atomic mass is 10.3. The van der Waals surface area contributed by atoms with Gasteiger partial charge in [-0.05, 0) is 27.2 Å². The molecule has 0 aliphatic carbocycles. The third-order valence-corrected chi connectivity index (χ3v) is 4.08. The summed E-state index contributed by atoms with van der Waals surface area (Å²) in [5.41, 5.74) is 0.707. The predicted octanol–water partition coefficient (Wildman–Crippen LogP) is 2.26. The molecule has 118 valence electrons. The van der Waals surface area contributed by atoms with Crippen LogP contribution in [0.15, 0.2) is 4.99 Å². The summed E-state index contributed by atoms with van der Waals surface area (Å²) in [4.78, 5) is 21.0. The number of nitrogens with zero attached hydrogens (tertiary/aromatic N) is 2. The molecule has 0 bridgehead atoms. The van der Waals surface area contributed by atoms with Crippen molar-refractivity contribution in [2.75, 3.05) is 20.2 Å². The number of hydrogen-bond acceptors (Lipinski definition) is 5. The van der Waals surface area contributed by atoms with Gasteiger partial charge in [-0.15, -0.1) is 11.3 Å². The second-order valence-corrected chi connectivity index (χ2v) is 5.58. The largest absolute Gasteiger partial charge is 0.462 e. The van der Waals surface area contributed by atoms with E-state index in [1.54, 1.807) is 14.0 Å². The van der Waals surface area contributed by atoms with E-state index in [-0.39, 0.29) is 12.0 Å². The van der Waals surface area contributed by atoms with Gasteiger partial charge in [-0.2, -0.15) is 0 Å². The van der Waals surface area contributed by atoms with Gasteiger partial charge in [0.25, 0.3) is 0 Å². The molecule has 7 heteroatoms. The Bertz CT molecular complexity index is 499. The summed E-state index contributed by atoms with van der Waals surface area (Å²) in [7, 11) is 1.73. The van der Waals surface area contributed by atoms with E-state index >= 15 is 0 Å². The second kappa shape index (κ2) is 8.61. The first-order valence-corrected chi connectivity index (χ1v) is 7.96. The van der Waals surface area contributed by atoms with Crippen LogP contribution in [0.4, 0.5) is 0 Å². The van der Waals surface area contributed by atoms with Crippen molar-refractivity contribution in [2.24, 2.45) is 4.99 Å². The van der Waals surface area contributed by atoms with Crippen molar-refractivity contribution in [2.45, 2.75) is 40.2 Å². The minimum atomic E-state index is -0.306. The maximum atomic E-state index is 11.8. The van der Waals surface area contributed by atoms with Crippen molar-refractivity contribution in [3.05, 3.63) is 15.6 Å². The van der Waals surface area contributed by atoms with Crippen molar-refractivity contribution < 1.29 is 9.53 Å². The van der Waals surface area contributed by atoms with Crippen molar-refractivity contribution >= 4 is 23.3 Å². The van der Waals surface area contributed by atoms with Gasteiger partial charge in [0.1, 0.15) is 9.88 Å². The molecule has 21 heavy (non-hydrogen) atoms. The summed E-state index contributed by atoms with van der Waals surface area (Å²) in [6.07, 6.45) is 1.03. The third kappa shape index (κ3) is 5.00. The molecule has 0 radical (unpaired) electrons. The van der Waals surface area contributed by atoms with Gasteiger partial charge in [-0.1, -0.05) is 6.92 Å². The normalized spacial score (nSPS) is 12.9. The maximum absolute atomic E-state index is 11.8. The molecule has 6 nitrogen and oxygen atoms in total. The van der Waals surface area contributed by atoms with Crippen LogP contribution in [0.5, 0.6) is 0 Å². The molecule has 1 unspecified atom stereocenters. The van der Waals surface area contributed by atoms with Crippen LogP contribution in [0, 0.1) is 6.92 Å². The molecule has 0 aliphatic heterocycles. The number of guanidine groups is 1. The molecule has 1 atom stereocenters. The van der Waals surface area contributed by atoms with Crippen LogP contribution in [0.25, 0.3) is 0 Å². The van der Waals surface area contributed by atoms with Gasteiger partial charge in [0.2, 0.25) is 0 Å². The standard InChI is InChI=1S/C14H24N4O2S/c1-6-8-16-14(15-5)18-10(4)12-17-9(3)11(21-12)13(19)20-7-2/h10H,6-8H2,1-5H3,(H2,15,16,18). The molecule has 1 heterocycles. The quantitative estimate of drug-likeness (QED) is 0.479. The Labute approximate surface area is 130 Å². The van der Waals surface area contributed by atoms with E-state index < -0.39 is 0 Å². The Morgan fingerprint density at radius 3 is 2.76 bits per heavy atom. The van der Waals surface area contributed by atoms with Gasteiger partial charge >= 0.3 is 5.97 Å². The lowest BCUT2D eigenvalue weighted by Gasteiger charge is -2.15. The molecule has 0 fully saturated rings. The van der Waals surface area contributed by atoms with Crippen LogP contribution in [-0.2, 0) is 4.74 Å². The van der Waals surface area contributed by atoms with Crippen molar-refractivity contribution in [1.29, 1.82) is 0 Å². The van der Waals surface area contributed by atoms with Crippen LogP contribution < -0.4 is 10.6 Å². The topological polar surface area (TPSA) is 75.6 Å². The molecule has 0 saturated heterocycles. The molecule has 1 aromatic rings. The lowest BCUT2D eigenvalue weighted by Crippen LogP contribution is -2.38. The van der Waals surface area contributed by atoms with Crippen LogP contribution in [0.2, 0.25) is 0 Å². The average Bonchev–Trinajstić information content (AvgIpc) is 2.85. The van der Waals surface area contributed by atoms with Gasteiger partial charge in [-0.25, -0.2) is 9.78 Å². The fraction of sp³-hybridized carbons (Fsp3) is 0.643. The van der Waals surface area contributed by atoms with E-state index in [0.29, 0.717) is 17.2 Å². The number of hydrogen-bond donors (Lipinski definition) is 2. The number of carbonyl (C=O) groups is 1. The summed E-state index contributed by atoms with van der Waals surface area (Å²) in [5, 5.41) is 7.31. The van der Waals surface area contributed by atoms with Crippen molar-refractivity contribution in [1.82, 2.24) is 15.6 Å². The fourth-order valence-corrected chi connectivity index (χ4v) is 2.66. The predicted molar refractivity (Wildman–Crippen MR) is 86.0 cm³/mol. The number of aliphatic imine (C=N–C) groups is 1. The smallest absolute Gasteiger partial charge is 0.350 e. The number of aryl methyl sites for hydroxylation is 1. The first-order valence-electron chi connectivity index (χ1n) is 7.15. The van der Waals surface area contributed by atoms with Crippen molar-refractivity contribution in [3.63, 3.8) is 0 Å². The summed E-state index contributed by atoms with van der Waals surface area (Å²) in [6, 6.07) is -0.0278. The van der Waals surface area contributed by atoms with Gasteiger partial charge in [0.15, 0.2) is 5.96 Å². The van der Waals surface area contributed by atoms with E-state index in [0.717, 1.165) is 23.9 Å². The Balaban J connectivity index is 2.76. The molecule has 2 N–H and O–H groups in total. The Morgan fingerprint density at radius 1 is 1.48 bits per heavy atom. The summed E-state index contributed by atoms with van der Waals surface area (Å²) in [5.74, 6) is 0.425. The lowest BCUT2D eigenvalue weighted by molar-refractivity contribution is 0.0531. The van der Waals surface area contributed by atoms with E-state index in [4.69, 9.17) is 4.74 Å². The molecular weight excluding hydrogens is 288 g/mol. The zero-order valence-corrected chi connectivity index (χ0v) is 14.1.